The van der Waals surface area contributed by atoms with Gasteiger partial charge in [0, 0.05) is 29.1 Å². The van der Waals surface area contributed by atoms with Crippen LogP contribution in [0.25, 0.3) is 10.1 Å². The molecule has 0 radical (unpaired) electrons. The molecule has 2 aromatic rings. The van der Waals surface area contributed by atoms with Gasteiger partial charge in [0.2, 0.25) is 10.0 Å². The molecule has 1 saturated heterocycles. The molecular formula is C14H17NO4S2. The van der Waals surface area contributed by atoms with Gasteiger partial charge in [-0.25, -0.2) is 8.42 Å². The third-order valence-electron chi connectivity index (χ3n) is 4.13. The first kappa shape index (κ1) is 14.9. The second kappa shape index (κ2) is 5.33. The van der Waals surface area contributed by atoms with Crippen molar-refractivity contribution in [2.24, 2.45) is 0 Å². The summed E-state index contributed by atoms with van der Waals surface area (Å²) in [5.41, 5.74) is -0.859. The standard InChI is InChI=1S/C14H17NO4S2/c1-15(14(9-16)6-7-19-10-14)21(17,18)13-8-20-12-5-3-2-4-11(12)13/h2-5,8,16H,6-7,9-10H2,1H3/t14-/m1/s1. The first-order valence-electron chi connectivity index (χ1n) is 6.65. The Kier molecular flexibility index (Phi) is 3.79. The van der Waals surface area contributed by atoms with Crippen molar-refractivity contribution in [1.29, 1.82) is 0 Å². The zero-order valence-corrected chi connectivity index (χ0v) is 13.3. The van der Waals surface area contributed by atoms with Crippen molar-refractivity contribution in [1.82, 2.24) is 4.31 Å². The van der Waals surface area contributed by atoms with Crippen molar-refractivity contribution in [2.75, 3.05) is 26.9 Å². The summed E-state index contributed by atoms with van der Waals surface area (Å²) < 4.78 is 33.4. The third-order valence-corrected chi connectivity index (χ3v) is 7.24. The van der Waals surface area contributed by atoms with E-state index in [0.29, 0.717) is 17.9 Å². The normalized spacial score (nSPS) is 23.2. The lowest BCUT2D eigenvalue weighted by atomic mass is 10.0. The third kappa shape index (κ3) is 2.29. The van der Waals surface area contributed by atoms with Crippen molar-refractivity contribution in [2.45, 2.75) is 16.9 Å². The number of rotatable bonds is 4. The van der Waals surface area contributed by atoms with Gasteiger partial charge >= 0.3 is 0 Å². The fourth-order valence-corrected chi connectivity index (χ4v) is 5.61. The highest BCUT2D eigenvalue weighted by Gasteiger charge is 2.45. The largest absolute Gasteiger partial charge is 0.394 e. The van der Waals surface area contributed by atoms with Crippen LogP contribution in [0.3, 0.4) is 0 Å². The quantitative estimate of drug-likeness (QED) is 0.928. The van der Waals surface area contributed by atoms with E-state index in [0.717, 1.165) is 10.1 Å². The maximum absolute atomic E-state index is 12.9. The SMILES string of the molecule is CN([C@@]1(CO)CCOC1)S(=O)(=O)c1csc2ccccc12. The van der Waals surface area contributed by atoms with E-state index in [-0.39, 0.29) is 13.2 Å². The van der Waals surface area contributed by atoms with Crippen molar-refractivity contribution in [3.8, 4) is 0 Å². The molecule has 0 unspecified atom stereocenters. The number of thiophene rings is 1. The molecule has 114 valence electrons. The molecule has 5 nitrogen and oxygen atoms in total. The van der Waals surface area contributed by atoms with E-state index in [1.807, 2.05) is 24.3 Å². The molecule has 1 aliphatic rings. The molecule has 1 N–H and O–H groups in total. The fourth-order valence-electron chi connectivity index (χ4n) is 2.62. The minimum absolute atomic E-state index is 0.224. The van der Waals surface area contributed by atoms with Crippen molar-refractivity contribution < 1.29 is 18.3 Å². The second-order valence-corrected chi connectivity index (χ2v) is 8.10. The highest BCUT2D eigenvalue weighted by atomic mass is 32.2. The Balaban J connectivity index is 2.08. The van der Waals surface area contributed by atoms with Gasteiger partial charge in [-0.3, -0.25) is 0 Å². The van der Waals surface area contributed by atoms with E-state index in [1.165, 1.54) is 22.7 Å². The summed E-state index contributed by atoms with van der Waals surface area (Å²) in [5, 5.41) is 12.1. The van der Waals surface area contributed by atoms with E-state index >= 15 is 0 Å². The summed E-state index contributed by atoms with van der Waals surface area (Å²) in [7, 11) is -2.15. The van der Waals surface area contributed by atoms with E-state index < -0.39 is 15.6 Å². The average molecular weight is 327 g/mol. The van der Waals surface area contributed by atoms with Gasteiger partial charge in [0.05, 0.1) is 18.8 Å². The Bertz CT molecular complexity index is 747. The molecule has 1 aromatic heterocycles. The van der Waals surface area contributed by atoms with Crippen LogP contribution in [0.15, 0.2) is 34.5 Å². The van der Waals surface area contributed by atoms with Crippen LogP contribution in [0.1, 0.15) is 6.42 Å². The van der Waals surface area contributed by atoms with Crippen LogP contribution in [-0.2, 0) is 14.8 Å². The van der Waals surface area contributed by atoms with Gasteiger partial charge in [-0.2, -0.15) is 4.31 Å². The predicted octanol–water partition coefficient (Wildman–Crippen LogP) is 1.67. The minimum Gasteiger partial charge on any atom is -0.394 e. The summed E-state index contributed by atoms with van der Waals surface area (Å²) in [6.45, 7) is 0.441. The number of aliphatic hydroxyl groups is 1. The van der Waals surface area contributed by atoms with Crippen LogP contribution in [0.4, 0.5) is 0 Å². The maximum Gasteiger partial charge on any atom is 0.244 e. The molecule has 21 heavy (non-hydrogen) atoms. The van der Waals surface area contributed by atoms with E-state index in [9.17, 15) is 13.5 Å². The Hall–Kier alpha value is -0.990. The van der Waals surface area contributed by atoms with Crippen LogP contribution in [0.2, 0.25) is 0 Å². The Morgan fingerprint density at radius 3 is 2.86 bits per heavy atom. The van der Waals surface area contributed by atoms with E-state index in [2.05, 4.69) is 0 Å². The highest BCUT2D eigenvalue weighted by Crippen LogP contribution is 2.35. The zero-order valence-electron chi connectivity index (χ0n) is 11.7. The second-order valence-electron chi connectivity index (χ2n) is 5.25. The van der Waals surface area contributed by atoms with Crippen LogP contribution in [-0.4, -0.2) is 50.2 Å². The number of hydrogen-bond donors (Lipinski definition) is 1. The smallest absolute Gasteiger partial charge is 0.244 e. The van der Waals surface area contributed by atoms with Crippen LogP contribution >= 0.6 is 11.3 Å². The lowest BCUT2D eigenvalue weighted by Gasteiger charge is -2.34. The molecule has 2 heterocycles. The maximum atomic E-state index is 12.9. The first-order valence-corrected chi connectivity index (χ1v) is 8.97. The van der Waals surface area contributed by atoms with Crippen LogP contribution < -0.4 is 0 Å². The number of aliphatic hydroxyl groups excluding tert-OH is 1. The molecule has 0 amide bonds. The molecular weight excluding hydrogens is 310 g/mol. The summed E-state index contributed by atoms with van der Waals surface area (Å²) in [4.78, 5) is 0.297. The predicted molar refractivity (Wildman–Crippen MR) is 82.0 cm³/mol. The lowest BCUT2D eigenvalue weighted by Crippen LogP contribution is -2.52. The molecule has 0 aliphatic carbocycles. The molecule has 0 spiro atoms. The number of benzene rings is 1. The Labute approximate surface area is 127 Å². The van der Waals surface area contributed by atoms with Gasteiger partial charge < -0.3 is 9.84 Å². The number of sulfonamides is 1. The van der Waals surface area contributed by atoms with Crippen molar-refractivity contribution >= 4 is 31.4 Å². The summed E-state index contributed by atoms with van der Waals surface area (Å²) in [5.74, 6) is 0. The molecule has 0 saturated carbocycles. The van der Waals surface area contributed by atoms with Gasteiger partial charge in [0.15, 0.2) is 0 Å². The van der Waals surface area contributed by atoms with Crippen molar-refractivity contribution in [3.63, 3.8) is 0 Å². The van der Waals surface area contributed by atoms with E-state index in [4.69, 9.17) is 4.74 Å². The number of fused-ring (bicyclic) bond motifs is 1. The van der Waals surface area contributed by atoms with Crippen LogP contribution in [0, 0.1) is 0 Å². The highest BCUT2D eigenvalue weighted by molar-refractivity contribution is 7.89. The number of likely N-dealkylation sites (N-methyl/N-ethyl adjacent to an activating group) is 1. The molecule has 7 heteroatoms. The minimum atomic E-state index is -3.67. The van der Waals surface area contributed by atoms with Gasteiger partial charge in [-0.1, -0.05) is 18.2 Å². The molecule has 1 atom stereocenters. The molecule has 3 rings (SSSR count). The molecule has 1 fully saturated rings. The summed E-state index contributed by atoms with van der Waals surface area (Å²) in [6, 6.07) is 7.43. The van der Waals surface area contributed by atoms with Gasteiger partial charge in [0.1, 0.15) is 4.90 Å². The summed E-state index contributed by atoms with van der Waals surface area (Å²) in [6.07, 6.45) is 0.501. The van der Waals surface area contributed by atoms with Gasteiger partial charge in [-0.15, -0.1) is 11.3 Å². The first-order chi connectivity index (χ1) is 10.0. The van der Waals surface area contributed by atoms with E-state index in [1.54, 1.807) is 5.38 Å². The zero-order chi connectivity index (χ0) is 15.1. The Morgan fingerprint density at radius 2 is 2.19 bits per heavy atom. The molecule has 0 bridgehead atoms. The monoisotopic (exact) mass is 327 g/mol. The molecule has 1 aliphatic heterocycles. The number of hydrogen-bond acceptors (Lipinski definition) is 5. The molecule has 1 aromatic carbocycles. The fraction of sp³-hybridized carbons (Fsp3) is 0.429. The number of ether oxygens (including phenoxy) is 1. The van der Waals surface area contributed by atoms with Gasteiger partial charge in [-0.05, 0) is 12.5 Å². The lowest BCUT2D eigenvalue weighted by molar-refractivity contribution is 0.0824. The topological polar surface area (TPSA) is 66.8 Å². The van der Waals surface area contributed by atoms with Gasteiger partial charge in [0.25, 0.3) is 0 Å². The van der Waals surface area contributed by atoms with Crippen LogP contribution in [0.5, 0.6) is 0 Å². The summed E-state index contributed by atoms with van der Waals surface area (Å²) >= 11 is 1.41. The Morgan fingerprint density at radius 1 is 1.43 bits per heavy atom. The average Bonchev–Trinajstić information content (AvgIpc) is 3.14. The van der Waals surface area contributed by atoms with Crippen molar-refractivity contribution in [3.05, 3.63) is 29.6 Å². The number of nitrogens with zero attached hydrogens (tertiary/aromatic N) is 1.